The summed E-state index contributed by atoms with van der Waals surface area (Å²) in [5, 5.41) is 19.8. The van der Waals surface area contributed by atoms with Gasteiger partial charge >= 0.3 is 5.97 Å². The fourth-order valence-corrected chi connectivity index (χ4v) is 1.39. The van der Waals surface area contributed by atoms with Gasteiger partial charge in [0.2, 0.25) is 0 Å². The lowest BCUT2D eigenvalue weighted by molar-refractivity contribution is -0.139. The zero-order chi connectivity index (χ0) is 13.4. The molecule has 1 amide bonds. The standard InChI is InChI=1S/C12H13N3O3/c13-6-2-1-3-10(12(17)18)15-11(16)9-4-7-14-8-5-9/h4-5,7-8,10H,1-3H2,(H,15,16)(H,17,18)/t10-/m1/s1. The van der Waals surface area contributed by atoms with Crippen molar-refractivity contribution in [3.05, 3.63) is 30.1 Å². The maximum absolute atomic E-state index is 11.7. The fourth-order valence-electron chi connectivity index (χ4n) is 1.39. The molecule has 0 spiro atoms. The SMILES string of the molecule is N#CCCC[C@@H](NC(=O)c1ccncc1)C(=O)O. The van der Waals surface area contributed by atoms with E-state index in [0.29, 0.717) is 12.0 Å². The number of carbonyl (C=O) groups excluding carboxylic acids is 1. The number of carbonyl (C=O) groups is 2. The van der Waals surface area contributed by atoms with Gasteiger partial charge < -0.3 is 10.4 Å². The van der Waals surface area contributed by atoms with Crippen LogP contribution in [0.3, 0.4) is 0 Å². The Morgan fingerprint density at radius 1 is 1.44 bits per heavy atom. The number of rotatable bonds is 6. The van der Waals surface area contributed by atoms with Gasteiger partial charge in [-0.2, -0.15) is 5.26 Å². The first-order valence-corrected chi connectivity index (χ1v) is 5.46. The lowest BCUT2D eigenvalue weighted by Gasteiger charge is -2.13. The summed E-state index contributed by atoms with van der Waals surface area (Å²) in [6.45, 7) is 0. The van der Waals surface area contributed by atoms with Crippen molar-refractivity contribution in [1.29, 1.82) is 5.26 Å². The van der Waals surface area contributed by atoms with Gasteiger partial charge in [-0.15, -0.1) is 0 Å². The lowest BCUT2D eigenvalue weighted by atomic mass is 10.1. The smallest absolute Gasteiger partial charge is 0.326 e. The summed E-state index contributed by atoms with van der Waals surface area (Å²) in [7, 11) is 0. The van der Waals surface area contributed by atoms with Gasteiger partial charge in [-0.3, -0.25) is 9.78 Å². The first-order chi connectivity index (χ1) is 8.65. The summed E-state index contributed by atoms with van der Waals surface area (Å²) >= 11 is 0. The zero-order valence-corrected chi connectivity index (χ0v) is 9.67. The van der Waals surface area contributed by atoms with Gasteiger partial charge in [-0.1, -0.05) is 0 Å². The van der Waals surface area contributed by atoms with Crippen molar-refractivity contribution in [2.45, 2.75) is 25.3 Å². The van der Waals surface area contributed by atoms with Crippen LogP contribution in [-0.4, -0.2) is 28.0 Å². The Labute approximate surface area is 104 Å². The number of unbranched alkanes of at least 4 members (excludes halogenated alkanes) is 1. The van der Waals surface area contributed by atoms with Crippen molar-refractivity contribution in [3.8, 4) is 6.07 Å². The maximum Gasteiger partial charge on any atom is 0.326 e. The van der Waals surface area contributed by atoms with E-state index in [9.17, 15) is 9.59 Å². The van der Waals surface area contributed by atoms with Gasteiger partial charge in [-0.25, -0.2) is 4.79 Å². The molecule has 0 aliphatic heterocycles. The van der Waals surface area contributed by atoms with Crippen molar-refractivity contribution in [3.63, 3.8) is 0 Å². The number of hydrogen-bond donors (Lipinski definition) is 2. The van der Waals surface area contributed by atoms with Gasteiger partial charge in [0, 0.05) is 24.4 Å². The largest absolute Gasteiger partial charge is 0.480 e. The molecular formula is C12H13N3O3. The second kappa shape index (κ2) is 7.01. The number of aromatic nitrogens is 1. The number of nitrogens with one attached hydrogen (secondary N) is 1. The van der Waals surface area contributed by atoms with Crippen LogP contribution < -0.4 is 5.32 Å². The third kappa shape index (κ3) is 4.22. The highest BCUT2D eigenvalue weighted by Gasteiger charge is 2.19. The van der Waals surface area contributed by atoms with Gasteiger partial charge in [0.05, 0.1) is 6.07 Å². The quantitative estimate of drug-likeness (QED) is 0.729. The number of hydrogen-bond acceptors (Lipinski definition) is 4. The monoisotopic (exact) mass is 247 g/mol. The third-order valence-corrected chi connectivity index (χ3v) is 2.33. The molecule has 94 valence electrons. The minimum Gasteiger partial charge on any atom is -0.480 e. The summed E-state index contributed by atoms with van der Waals surface area (Å²) in [5.74, 6) is -1.56. The Morgan fingerprint density at radius 2 is 2.11 bits per heavy atom. The van der Waals surface area contributed by atoms with Crippen LogP contribution in [0.5, 0.6) is 0 Å². The molecule has 6 nitrogen and oxygen atoms in total. The van der Waals surface area contributed by atoms with Gasteiger partial charge in [-0.05, 0) is 25.0 Å². The van der Waals surface area contributed by atoms with E-state index in [2.05, 4.69) is 10.3 Å². The highest BCUT2D eigenvalue weighted by atomic mass is 16.4. The molecule has 1 heterocycles. The molecule has 1 aromatic rings. The van der Waals surface area contributed by atoms with Crippen molar-refractivity contribution in [2.75, 3.05) is 0 Å². The van der Waals surface area contributed by atoms with Crippen molar-refractivity contribution in [2.24, 2.45) is 0 Å². The van der Waals surface area contributed by atoms with E-state index in [-0.39, 0.29) is 12.8 Å². The van der Waals surface area contributed by atoms with Crippen molar-refractivity contribution >= 4 is 11.9 Å². The van der Waals surface area contributed by atoms with Crippen LogP contribution in [0.25, 0.3) is 0 Å². The fraction of sp³-hybridized carbons (Fsp3) is 0.333. The van der Waals surface area contributed by atoms with E-state index in [1.807, 2.05) is 6.07 Å². The summed E-state index contributed by atoms with van der Waals surface area (Å²) in [6.07, 6.45) is 3.86. The number of carboxylic acids is 1. The molecule has 1 atom stereocenters. The molecule has 0 unspecified atom stereocenters. The topological polar surface area (TPSA) is 103 Å². The van der Waals surface area contributed by atoms with Crippen LogP contribution in [0.2, 0.25) is 0 Å². The molecule has 0 saturated heterocycles. The molecule has 1 aromatic heterocycles. The first kappa shape index (κ1) is 13.6. The van der Waals surface area contributed by atoms with Crippen LogP contribution in [0, 0.1) is 11.3 Å². The normalized spacial score (nSPS) is 11.3. The Morgan fingerprint density at radius 3 is 2.67 bits per heavy atom. The number of pyridine rings is 1. The number of nitriles is 1. The van der Waals surface area contributed by atoms with Gasteiger partial charge in [0.1, 0.15) is 6.04 Å². The second-order valence-corrected chi connectivity index (χ2v) is 3.65. The molecule has 0 fully saturated rings. The predicted molar refractivity (Wildman–Crippen MR) is 62.6 cm³/mol. The molecule has 0 radical (unpaired) electrons. The van der Waals surface area contributed by atoms with Crippen molar-refractivity contribution < 1.29 is 14.7 Å². The molecule has 0 bridgehead atoms. The Kier molecular flexibility index (Phi) is 5.32. The predicted octanol–water partition coefficient (Wildman–Crippen LogP) is 0.958. The third-order valence-electron chi connectivity index (χ3n) is 2.33. The van der Waals surface area contributed by atoms with Gasteiger partial charge in [0.15, 0.2) is 0 Å². The Balaban J connectivity index is 2.59. The Hall–Kier alpha value is -2.42. The number of aliphatic carboxylic acids is 1. The molecule has 6 heteroatoms. The summed E-state index contributed by atoms with van der Waals surface area (Å²) in [4.78, 5) is 26.4. The molecule has 2 N–H and O–H groups in total. The Bertz CT molecular complexity index is 453. The van der Waals surface area contributed by atoms with E-state index >= 15 is 0 Å². The van der Waals surface area contributed by atoms with Crippen molar-refractivity contribution in [1.82, 2.24) is 10.3 Å². The van der Waals surface area contributed by atoms with Crippen LogP contribution in [-0.2, 0) is 4.79 Å². The number of carboxylic acid groups (broad SMARTS) is 1. The summed E-state index contributed by atoms with van der Waals surface area (Å²) in [6, 6.07) is 3.97. The molecule has 0 saturated carbocycles. The molecule has 18 heavy (non-hydrogen) atoms. The van der Waals surface area contributed by atoms with Crippen LogP contribution in [0.15, 0.2) is 24.5 Å². The minimum atomic E-state index is -1.10. The van der Waals surface area contributed by atoms with E-state index in [4.69, 9.17) is 10.4 Å². The van der Waals surface area contributed by atoms with Crippen LogP contribution in [0.1, 0.15) is 29.6 Å². The summed E-state index contributed by atoms with van der Waals surface area (Å²) in [5.41, 5.74) is 0.358. The maximum atomic E-state index is 11.7. The van der Waals surface area contributed by atoms with E-state index < -0.39 is 17.9 Å². The molecule has 0 aliphatic rings. The van der Waals surface area contributed by atoms with Gasteiger partial charge in [0.25, 0.3) is 5.91 Å². The highest BCUT2D eigenvalue weighted by Crippen LogP contribution is 2.03. The second-order valence-electron chi connectivity index (χ2n) is 3.65. The molecule has 1 rings (SSSR count). The molecular weight excluding hydrogens is 234 g/mol. The van der Waals surface area contributed by atoms with E-state index in [1.165, 1.54) is 24.5 Å². The zero-order valence-electron chi connectivity index (χ0n) is 9.67. The highest BCUT2D eigenvalue weighted by molar-refractivity contribution is 5.96. The summed E-state index contributed by atoms with van der Waals surface area (Å²) < 4.78 is 0. The van der Waals surface area contributed by atoms with Crippen LogP contribution in [0.4, 0.5) is 0 Å². The first-order valence-electron chi connectivity index (χ1n) is 5.46. The molecule has 0 aliphatic carbocycles. The van der Waals surface area contributed by atoms with E-state index in [1.54, 1.807) is 0 Å². The molecule has 0 aromatic carbocycles. The number of nitrogens with zero attached hydrogens (tertiary/aromatic N) is 2. The minimum absolute atomic E-state index is 0.236. The average Bonchev–Trinajstić information content (AvgIpc) is 2.38. The average molecular weight is 247 g/mol. The van der Waals surface area contributed by atoms with Crippen LogP contribution >= 0.6 is 0 Å². The lowest BCUT2D eigenvalue weighted by Crippen LogP contribution is -2.40. The number of amides is 1. The van der Waals surface area contributed by atoms with E-state index in [0.717, 1.165) is 0 Å².